The molecule has 15 heavy (non-hydrogen) atoms. The van der Waals surface area contributed by atoms with Crippen LogP contribution in [0.15, 0.2) is 4.47 Å². The zero-order chi connectivity index (χ0) is 11.1. The molecule has 0 atom stereocenters. The van der Waals surface area contributed by atoms with Crippen LogP contribution in [0.5, 0.6) is 0 Å². The summed E-state index contributed by atoms with van der Waals surface area (Å²) < 4.78 is 3.01. The smallest absolute Gasteiger partial charge is 0.0739 e. The summed E-state index contributed by atoms with van der Waals surface area (Å²) in [5, 5.41) is 7.86. The molecule has 1 aromatic heterocycles. The van der Waals surface area contributed by atoms with E-state index in [1.807, 2.05) is 18.7 Å². The molecule has 0 spiro atoms. The third-order valence-electron chi connectivity index (χ3n) is 3.00. The molecule has 1 N–H and O–H groups in total. The number of hydrogen-bond acceptors (Lipinski definition) is 2. The summed E-state index contributed by atoms with van der Waals surface area (Å²) >= 11 is 9.46. The highest BCUT2D eigenvalue weighted by Crippen LogP contribution is 2.37. The van der Waals surface area contributed by atoms with Crippen molar-refractivity contribution < 1.29 is 0 Å². The van der Waals surface area contributed by atoms with Crippen LogP contribution in [0.25, 0.3) is 0 Å². The first-order valence-electron chi connectivity index (χ1n) is 5.07. The zero-order valence-electron chi connectivity index (χ0n) is 8.98. The lowest BCUT2D eigenvalue weighted by Gasteiger charge is -2.14. The molecule has 0 saturated heterocycles. The first-order chi connectivity index (χ1) is 7.08. The predicted octanol–water partition coefficient (Wildman–Crippen LogP) is 2.35. The van der Waals surface area contributed by atoms with Crippen molar-refractivity contribution in [3.05, 3.63) is 15.9 Å². The van der Waals surface area contributed by atoms with Crippen LogP contribution in [0.1, 0.15) is 24.2 Å². The molecule has 2 rings (SSSR count). The third-order valence-corrected chi connectivity index (χ3v) is 4.54. The van der Waals surface area contributed by atoms with Crippen molar-refractivity contribution in [1.29, 1.82) is 0 Å². The molecule has 0 aliphatic heterocycles. The van der Waals surface area contributed by atoms with Crippen LogP contribution in [0.3, 0.4) is 0 Å². The van der Waals surface area contributed by atoms with E-state index in [4.69, 9.17) is 11.6 Å². The number of aromatic nitrogens is 2. The van der Waals surface area contributed by atoms with Gasteiger partial charge in [0.15, 0.2) is 0 Å². The minimum absolute atomic E-state index is 0.194. The molecular weight excluding hydrogens is 277 g/mol. The number of aryl methyl sites for hydroxylation is 2. The van der Waals surface area contributed by atoms with Crippen LogP contribution in [-0.4, -0.2) is 21.2 Å². The number of halogens is 2. The van der Waals surface area contributed by atoms with Crippen LogP contribution in [0.4, 0.5) is 0 Å². The van der Waals surface area contributed by atoms with Gasteiger partial charge in [0.2, 0.25) is 0 Å². The SMILES string of the molecule is Cc1nn(C)c(CNC2(CCl)CC2)c1Br. The average Bonchev–Trinajstić information content (AvgIpc) is 2.93. The van der Waals surface area contributed by atoms with Crippen molar-refractivity contribution in [3.63, 3.8) is 0 Å². The van der Waals surface area contributed by atoms with Crippen molar-refractivity contribution in [3.8, 4) is 0 Å². The van der Waals surface area contributed by atoms with Gasteiger partial charge in [-0.1, -0.05) is 0 Å². The molecule has 0 radical (unpaired) electrons. The Morgan fingerprint density at radius 2 is 2.27 bits per heavy atom. The lowest BCUT2D eigenvalue weighted by molar-refractivity contribution is 0.521. The number of nitrogens with one attached hydrogen (secondary N) is 1. The van der Waals surface area contributed by atoms with E-state index in [1.54, 1.807) is 0 Å². The van der Waals surface area contributed by atoms with Gasteiger partial charge in [-0.15, -0.1) is 11.6 Å². The largest absolute Gasteiger partial charge is 0.304 e. The van der Waals surface area contributed by atoms with Gasteiger partial charge in [-0.05, 0) is 35.7 Å². The maximum absolute atomic E-state index is 5.91. The second kappa shape index (κ2) is 4.07. The predicted molar refractivity (Wildman–Crippen MR) is 65.2 cm³/mol. The summed E-state index contributed by atoms with van der Waals surface area (Å²) in [6.07, 6.45) is 2.37. The zero-order valence-corrected chi connectivity index (χ0v) is 11.3. The lowest BCUT2D eigenvalue weighted by Crippen LogP contribution is -2.33. The number of alkyl halides is 1. The van der Waals surface area contributed by atoms with Crippen molar-refractivity contribution in [2.24, 2.45) is 7.05 Å². The monoisotopic (exact) mass is 291 g/mol. The molecule has 5 heteroatoms. The summed E-state index contributed by atoms with van der Waals surface area (Å²) in [7, 11) is 1.97. The first kappa shape index (κ1) is 11.4. The van der Waals surface area contributed by atoms with Gasteiger partial charge < -0.3 is 5.32 Å². The Morgan fingerprint density at radius 3 is 2.67 bits per heavy atom. The Labute approximate surface area is 103 Å². The van der Waals surface area contributed by atoms with Gasteiger partial charge >= 0.3 is 0 Å². The molecule has 0 bridgehead atoms. The van der Waals surface area contributed by atoms with E-state index >= 15 is 0 Å². The molecule has 1 aromatic rings. The number of hydrogen-bond donors (Lipinski definition) is 1. The van der Waals surface area contributed by atoms with Crippen LogP contribution in [-0.2, 0) is 13.6 Å². The Kier molecular flexibility index (Phi) is 3.10. The molecule has 3 nitrogen and oxygen atoms in total. The molecular formula is C10H15BrClN3. The molecule has 0 aromatic carbocycles. The summed E-state index contributed by atoms with van der Waals surface area (Å²) in [4.78, 5) is 0. The van der Waals surface area contributed by atoms with E-state index in [-0.39, 0.29) is 5.54 Å². The van der Waals surface area contributed by atoms with Gasteiger partial charge in [0, 0.05) is 25.0 Å². The highest BCUT2D eigenvalue weighted by molar-refractivity contribution is 9.10. The molecule has 1 aliphatic rings. The molecule has 1 fully saturated rings. The summed E-state index contributed by atoms with van der Waals surface area (Å²) in [5.41, 5.74) is 2.41. The maximum Gasteiger partial charge on any atom is 0.0739 e. The standard InChI is InChI=1S/C10H15BrClN3/c1-7-9(11)8(15(2)14-7)5-13-10(6-12)3-4-10/h13H,3-6H2,1-2H3. The Bertz CT molecular complexity index is 371. The quantitative estimate of drug-likeness (QED) is 0.864. The number of nitrogens with zero attached hydrogens (tertiary/aromatic N) is 2. The Hall–Kier alpha value is -0.0600. The highest BCUT2D eigenvalue weighted by atomic mass is 79.9. The summed E-state index contributed by atoms with van der Waals surface area (Å²) in [6, 6.07) is 0. The van der Waals surface area contributed by atoms with Gasteiger partial charge in [0.25, 0.3) is 0 Å². The fourth-order valence-electron chi connectivity index (χ4n) is 1.65. The van der Waals surface area contributed by atoms with E-state index in [1.165, 1.54) is 18.5 Å². The second-order valence-corrected chi connectivity index (χ2v) is 5.30. The van der Waals surface area contributed by atoms with Crippen molar-refractivity contribution in [2.45, 2.75) is 31.8 Å². The molecule has 1 saturated carbocycles. The fraction of sp³-hybridized carbons (Fsp3) is 0.700. The lowest BCUT2D eigenvalue weighted by atomic mass is 10.3. The van der Waals surface area contributed by atoms with Crippen LogP contribution < -0.4 is 5.32 Å². The normalized spacial score (nSPS) is 18.1. The molecule has 1 heterocycles. The van der Waals surface area contributed by atoms with Gasteiger partial charge in [-0.2, -0.15) is 5.10 Å². The summed E-state index contributed by atoms with van der Waals surface area (Å²) in [5.74, 6) is 0.696. The summed E-state index contributed by atoms with van der Waals surface area (Å²) in [6.45, 7) is 2.83. The minimum atomic E-state index is 0.194. The number of rotatable bonds is 4. The van der Waals surface area contributed by atoms with Crippen LogP contribution in [0.2, 0.25) is 0 Å². The van der Waals surface area contributed by atoms with E-state index in [2.05, 4.69) is 26.3 Å². The van der Waals surface area contributed by atoms with E-state index < -0.39 is 0 Å². The van der Waals surface area contributed by atoms with Gasteiger partial charge in [0.05, 0.1) is 15.9 Å². The average molecular weight is 293 g/mol. The first-order valence-corrected chi connectivity index (χ1v) is 6.40. The fourth-order valence-corrected chi connectivity index (χ4v) is 2.49. The molecule has 84 valence electrons. The maximum atomic E-state index is 5.91. The highest BCUT2D eigenvalue weighted by Gasteiger charge is 2.41. The van der Waals surface area contributed by atoms with E-state index in [0.29, 0.717) is 5.88 Å². The van der Waals surface area contributed by atoms with E-state index in [0.717, 1.165) is 16.7 Å². The topological polar surface area (TPSA) is 29.9 Å². The van der Waals surface area contributed by atoms with Crippen LogP contribution in [0, 0.1) is 6.92 Å². The van der Waals surface area contributed by atoms with Crippen molar-refractivity contribution in [2.75, 3.05) is 5.88 Å². The van der Waals surface area contributed by atoms with Gasteiger partial charge in [0.1, 0.15) is 0 Å². The molecule has 0 amide bonds. The molecule has 0 unspecified atom stereocenters. The van der Waals surface area contributed by atoms with Crippen LogP contribution >= 0.6 is 27.5 Å². The second-order valence-electron chi connectivity index (χ2n) is 4.24. The van der Waals surface area contributed by atoms with Crippen molar-refractivity contribution in [1.82, 2.24) is 15.1 Å². The third kappa shape index (κ3) is 2.22. The van der Waals surface area contributed by atoms with E-state index in [9.17, 15) is 0 Å². The Morgan fingerprint density at radius 1 is 1.60 bits per heavy atom. The Balaban J connectivity index is 2.05. The molecule has 1 aliphatic carbocycles. The van der Waals surface area contributed by atoms with Gasteiger partial charge in [-0.25, -0.2) is 0 Å². The van der Waals surface area contributed by atoms with Crippen molar-refractivity contribution >= 4 is 27.5 Å². The van der Waals surface area contributed by atoms with Gasteiger partial charge in [-0.3, -0.25) is 4.68 Å². The minimum Gasteiger partial charge on any atom is -0.304 e.